The molecule has 0 bridgehead atoms. The van der Waals surface area contributed by atoms with E-state index in [2.05, 4.69) is 21.2 Å². The van der Waals surface area contributed by atoms with E-state index in [0.717, 1.165) is 56.3 Å². The number of amides is 2. The highest BCUT2D eigenvalue weighted by Gasteiger charge is 2.35. The minimum Gasteiger partial charge on any atom is -0.493 e. The van der Waals surface area contributed by atoms with Crippen molar-refractivity contribution in [3.63, 3.8) is 0 Å². The van der Waals surface area contributed by atoms with Crippen molar-refractivity contribution in [2.45, 2.75) is 32.2 Å². The number of rotatable bonds is 9. The number of hydrogen-bond acceptors (Lipinski definition) is 5. The van der Waals surface area contributed by atoms with Crippen LogP contribution in [0.25, 0.3) is 0 Å². The van der Waals surface area contributed by atoms with Crippen LogP contribution in [0.5, 0.6) is 5.75 Å². The standard InChI is InChI=1S/C27H35ClN4O3/c1-2-35-25-13-6-3-9-21(25)27(34)32-16-7-12-24(32)26(33)29-14-8-15-30-17-19-31(20-18-30)23-11-5-4-10-22(23)28/h3-6,9-11,13,24H,2,7-8,12,14-20H2,1H3,(H,29,33). The van der Waals surface area contributed by atoms with Crippen molar-refractivity contribution >= 4 is 29.1 Å². The Kier molecular flexibility index (Phi) is 8.88. The number of piperazine rings is 1. The fourth-order valence-electron chi connectivity index (χ4n) is 4.91. The van der Waals surface area contributed by atoms with Gasteiger partial charge < -0.3 is 19.9 Å². The topological polar surface area (TPSA) is 65.1 Å². The van der Waals surface area contributed by atoms with E-state index in [9.17, 15) is 9.59 Å². The summed E-state index contributed by atoms with van der Waals surface area (Å²) in [6.45, 7) is 8.36. The van der Waals surface area contributed by atoms with E-state index in [1.165, 1.54) is 0 Å². The predicted octanol–water partition coefficient (Wildman–Crippen LogP) is 3.67. The molecule has 2 heterocycles. The van der Waals surface area contributed by atoms with Crippen LogP contribution in [0.1, 0.15) is 36.5 Å². The summed E-state index contributed by atoms with van der Waals surface area (Å²) in [5.41, 5.74) is 1.62. The molecule has 0 saturated carbocycles. The van der Waals surface area contributed by atoms with Gasteiger partial charge in [-0.1, -0.05) is 35.9 Å². The Morgan fingerprint density at radius 3 is 2.54 bits per heavy atom. The van der Waals surface area contributed by atoms with E-state index < -0.39 is 6.04 Å². The summed E-state index contributed by atoms with van der Waals surface area (Å²) in [5.74, 6) is 0.372. The molecule has 0 aromatic heterocycles. The van der Waals surface area contributed by atoms with Gasteiger partial charge in [-0.15, -0.1) is 0 Å². The second kappa shape index (κ2) is 12.3. The monoisotopic (exact) mass is 498 g/mol. The fraction of sp³-hybridized carbons (Fsp3) is 0.481. The van der Waals surface area contributed by atoms with Crippen LogP contribution in [0.4, 0.5) is 5.69 Å². The summed E-state index contributed by atoms with van der Waals surface area (Å²) in [6, 6.07) is 14.8. The highest BCUT2D eigenvalue weighted by Crippen LogP contribution is 2.27. The summed E-state index contributed by atoms with van der Waals surface area (Å²) in [6.07, 6.45) is 2.40. The highest BCUT2D eigenvalue weighted by atomic mass is 35.5. The maximum Gasteiger partial charge on any atom is 0.258 e. The van der Waals surface area contributed by atoms with E-state index in [0.29, 0.717) is 37.4 Å². The van der Waals surface area contributed by atoms with Crippen molar-refractivity contribution in [2.24, 2.45) is 0 Å². The second-order valence-electron chi connectivity index (χ2n) is 9.01. The summed E-state index contributed by atoms with van der Waals surface area (Å²) in [4.78, 5) is 32.6. The SMILES string of the molecule is CCOc1ccccc1C(=O)N1CCCC1C(=O)NCCCN1CCN(c2ccccc2Cl)CC1. The summed E-state index contributed by atoms with van der Waals surface area (Å²) in [5, 5.41) is 3.86. The first-order valence-corrected chi connectivity index (χ1v) is 13.0. The van der Waals surface area contributed by atoms with Crippen molar-refractivity contribution in [3.8, 4) is 5.75 Å². The van der Waals surface area contributed by atoms with Crippen molar-refractivity contribution in [3.05, 3.63) is 59.1 Å². The van der Waals surface area contributed by atoms with Crippen LogP contribution in [0.15, 0.2) is 48.5 Å². The normalized spacial score (nSPS) is 18.5. The molecule has 7 nitrogen and oxygen atoms in total. The van der Waals surface area contributed by atoms with Crippen molar-refractivity contribution in [1.82, 2.24) is 15.1 Å². The maximum absolute atomic E-state index is 13.2. The van der Waals surface area contributed by atoms with Crippen LogP contribution in [-0.4, -0.2) is 80.1 Å². The minimum atomic E-state index is -0.420. The van der Waals surface area contributed by atoms with E-state index >= 15 is 0 Å². The molecule has 2 saturated heterocycles. The Balaban J connectivity index is 1.21. The zero-order valence-electron chi connectivity index (χ0n) is 20.4. The lowest BCUT2D eigenvalue weighted by Crippen LogP contribution is -2.48. The van der Waals surface area contributed by atoms with Crippen LogP contribution in [0, 0.1) is 0 Å². The number of nitrogens with one attached hydrogen (secondary N) is 1. The van der Waals surface area contributed by atoms with E-state index in [1.807, 2.05) is 37.3 Å². The van der Waals surface area contributed by atoms with Gasteiger partial charge in [-0.3, -0.25) is 14.5 Å². The van der Waals surface area contributed by atoms with Crippen molar-refractivity contribution in [1.29, 1.82) is 0 Å². The molecule has 1 N–H and O–H groups in total. The fourth-order valence-corrected chi connectivity index (χ4v) is 5.17. The molecule has 2 amide bonds. The lowest BCUT2D eigenvalue weighted by Gasteiger charge is -2.36. The number of ether oxygens (including phenoxy) is 1. The van der Waals surface area contributed by atoms with E-state index in [-0.39, 0.29) is 11.8 Å². The van der Waals surface area contributed by atoms with Gasteiger partial charge in [-0.2, -0.15) is 0 Å². The molecule has 1 atom stereocenters. The molecule has 0 radical (unpaired) electrons. The highest BCUT2D eigenvalue weighted by molar-refractivity contribution is 6.33. The number of benzene rings is 2. The molecule has 4 rings (SSSR count). The van der Waals surface area contributed by atoms with E-state index in [1.54, 1.807) is 17.0 Å². The molecule has 2 aromatic rings. The van der Waals surface area contributed by atoms with Crippen LogP contribution in [0.2, 0.25) is 5.02 Å². The Morgan fingerprint density at radius 2 is 1.77 bits per heavy atom. The van der Waals surface area contributed by atoms with Gasteiger partial charge in [-0.25, -0.2) is 0 Å². The number of para-hydroxylation sites is 2. The number of anilines is 1. The number of carbonyl (C=O) groups excluding carboxylic acids is 2. The van der Waals surface area contributed by atoms with Gasteiger partial charge in [0.2, 0.25) is 5.91 Å². The van der Waals surface area contributed by atoms with Gasteiger partial charge in [0, 0.05) is 39.3 Å². The first-order valence-electron chi connectivity index (χ1n) is 12.6. The lowest BCUT2D eigenvalue weighted by atomic mass is 10.1. The minimum absolute atomic E-state index is 0.0618. The lowest BCUT2D eigenvalue weighted by molar-refractivity contribution is -0.124. The molecule has 2 aromatic carbocycles. The number of hydrogen-bond donors (Lipinski definition) is 1. The summed E-state index contributed by atoms with van der Waals surface area (Å²) >= 11 is 6.34. The Bertz CT molecular complexity index is 1010. The molecule has 2 aliphatic heterocycles. The third-order valence-electron chi connectivity index (χ3n) is 6.75. The zero-order valence-corrected chi connectivity index (χ0v) is 21.2. The number of halogens is 1. The molecular formula is C27H35ClN4O3. The number of nitrogens with zero attached hydrogens (tertiary/aromatic N) is 3. The van der Waals surface area contributed by atoms with Crippen molar-refractivity contribution < 1.29 is 14.3 Å². The third kappa shape index (κ3) is 6.27. The molecule has 0 spiro atoms. The van der Waals surface area contributed by atoms with Gasteiger partial charge in [-0.05, 0) is 57.0 Å². The Morgan fingerprint density at radius 1 is 1.03 bits per heavy atom. The van der Waals surface area contributed by atoms with Gasteiger partial charge in [0.25, 0.3) is 5.91 Å². The summed E-state index contributed by atoms with van der Waals surface area (Å²) < 4.78 is 5.63. The maximum atomic E-state index is 13.2. The van der Waals surface area contributed by atoms with Gasteiger partial charge >= 0.3 is 0 Å². The van der Waals surface area contributed by atoms with Gasteiger partial charge in [0.15, 0.2) is 0 Å². The molecule has 2 fully saturated rings. The molecule has 1 unspecified atom stereocenters. The molecule has 2 aliphatic rings. The first kappa shape index (κ1) is 25.3. The Labute approximate surface area is 213 Å². The third-order valence-corrected chi connectivity index (χ3v) is 7.07. The molecule has 0 aliphatic carbocycles. The number of carbonyl (C=O) groups is 2. The second-order valence-corrected chi connectivity index (χ2v) is 9.42. The average Bonchev–Trinajstić information content (AvgIpc) is 3.38. The van der Waals surface area contributed by atoms with Crippen LogP contribution < -0.4 is 15.0 Å². The zero-order chi connectivity index (χ0) is 24.6. The molecule has 188 valence electrons. The Hall–Kier alpha value is -2.77. The van der Waals surface area contributed by atoms with Crippen LogP contribution in [-0.2, 0) is 4.79 Å². The van der Waals surface area contributed by atoms with E-state index in [4.69, 9.17) is 16.3 Å². The van der Waals surface area contributed by atoms with Crippen LogP contribution in [0.3, 0.4) is 0 Å². The van der Waals surface area contributed by atoms with Crippen molar-refractivity contribution in [2.75, 3.05) is 57.3 Å². The first-order chi connectivity index (χ1) is 17.1. The molecule has 35 heavy (non-hydrogen) atoms. The predicted molar refractivity (Wildman–Crippen MR) is 139 cm³/mol. The van der Waals surface area contributed by atoms with Gasteiger partial charge in [0.1, 0.15) is 11.8 Å². The molecule has 8 heteroatoms. The number of likely N-dealkylation sites (tertiary alicyclic amines) is 1. The average molecular weight is 499 g/mol. The summed E-state index contributed by atoms with van der Waals surface area (Å²) in [7, 11) is 0. The quantitative estimate of drug-likeness (QED) is 0.534. The largest absolute Gasteiger partial charge is 0.493 e. The van der Waals surface area contributed by atoms with Crippen LogP contribution >= 0.6 is 11.6 Å². The molecular weight excluding hydrogens is 464 g/mol. The van der Waals surface area contributed by atoms with Gasteiger partial charge in [0.05, 0.1) is 22.9 Å². The smallest absolute Gasteiger partial charge is 0.258 e.